The number of carbonyl (C=O) groups excluding carboxylic acids is 1. The van der Waals surface area contributed by atoms with Gasteiger partial charge in [-0.05, 0) is 74.1 Å². The molecule has 1 saturated heterocycles. The molecule has 4 rings (SSSR count). The molecule has 27 heavy (non-hydrogen) atoms. The largest absolute Gasteiger partial charge is 0.340 e. The smallest absolute Gasteiger partial charge is 0.243 e. The van der Waals surface area contributed by atoms with Crippen LogP contribution in [0, 0.1) is 31.6 Å². The zero-order valence-corrected chi connectivity index (χ0v) is 17.2. The lowest BCUT2D eigenvalue weighted by Gasteiger charge is -2.35. The third kappa shape index (κ3) is 3.66. The SMILES string of the molecule is Cc1ccc(S(=O)(=O)N2CCN(C(=O)C[C@@H]3C[C@H]4CC[C@@H]3C4)CC2)cc1C. The first-order valence-electron chi connectivity index (χ1n) is 10.2. The van der Waals surface area contributed by atoms with Crippen LogP contribution in [-0.2, 0) is 14.8 Å². The molecule has 0 unspecified atom stereocenters. The molecule has 2 saturated carbocycles. The number of amides is 1. The van der Waals surface area contributed by atoms with E-state index in [1.807, 2.05) is 24.8 Å². The van der Waals surface area contributed by atoms with Gasteiger partial charge in [-0.25, -0.2) is 8.42 Å². The molecule has 0 radical (unpaired) electrons. The van der Waals surface area contributed by atoms with E-state index in [9.17, 15) is 13.2 Å². The van der Waals surface area contributed by atoms with E-state index in [1.54, 1.807) is 12.1 Å². The van der Waals surface area contributed by atoms with Gasteiger partial charge in [-0.15, -0.1) is 0 Å². The van der Waals surface area contributed by atoms with E-state index in [1.165, 1.54) is 30.0 Å². The predicted molar refractivity (Wildman–Crippen MR) is 105 cm³/mol. The lowest BCUT2D eigenvalue weighted by atomic mass is 9.86. The molecule has 5 nitrogen and oxygen atoms in total. The monoisotopic (exact) mass is 390 g/mol. The van der Waals surface area contributed by atoms with Gasteiger partial charge < -0.3 is 4.90 Å². The summed E-state index contributed by atoms with van der Waals surface area (Å²) in [6, 6.07) is 5.29. The van der Waals surface area contributed by atoms with E-state index < -0.39 is 10.0 Å². The number of nitrogens with zero attached hydrogens (tertiary/aromatic N) is 2. The fraction of sp³-hybridized carbons (Fsp3) is 0.667. The maximum atomic E-state index is 12.9. The van der Waals surface area contributed by atoms with Crippen LogP contribution in [0.5, 0.6) is 0 Å². The predicted octanol–water partition coefficient (Wildman–Crippen LogP) is 2.96. The molecule has 3 atom stereocenters. The Bertz CT molecular complexity index is 828. The Labute approximate surface area is 162 Å². The number of benzene rings is 1. The molecule has 148 valence electrons. The molecule has 1 aromatic rings. The number of piperazine rings is 1. The minimum atomic E-state index is -3.48. The number of hydrogen-bond donors (Lipinski definition) is 0. The number of rotatable bonds is 4. The van der Waals surface area contributed by atoms with E-state index in [0.29, 0.717) is 43.4 Å². The highest BCUT2D eigenvalue weighted by Crippen LogP contribution is 2.49. The number of aryl methyl sites for hydroxylation is 2. The van der Waals surface area contributed by atoms with Gasteiger partial charge in [-0.1, -0.05) is 12.5 Å². The Balaban J connectivity index is 1.35. The Morgan fingerprint density at radius 3 is 2.37 bits per heavy atom. The molecule has 1 amide bonds. The third-order valence-corrected chi connectivity index (χ3v) is 8.92. The number of hydrogen-bond acceptors (Lipinski definition) is 3. The van der Waals surface area contributed by atoms with Gasteiger partial charge in [0, 0.05) is 32.6 Å². The first-order valence-corrected chi connectivity index (χ1v) is 11.6. The van der Waals surface area contributed by atoms with Crippen molar-refractivity contribution >= 4 is 15.9 Å². The van der Waals surface area contributed by atoms with Crippen LogP contribution >= 0.6 is 0 Å². The lowest BCUT2D eigenvalue weighted by Crippen LogP contribution is -2.50. The molecular formula is C21H30N2O3S. The van der Waals surface area contributed by atoms with Gasteiger partial charge in [0.05, 0.1) is 4.90 Å². The molecule has 6 heteroatoms. The summed E-state index contributed by atoms with van der Waals surface area (Å²) in [6.45, 7) is 5.69. The van der Waals surface area contributed by atoms with Crippen molar-refractivity contribution in [3.63, 3.8) is 0 Å². The molecule has 1 heterocycles. The Morgan fingerprint density at radius 2 is 1.78 bits per heavy atom. The Kier molecular flexibility index (Phi) is 5.06. The fourth-order valence-corrected chi connectivity index (χ4v) is 6.69. The van der Waals surface area contributed by atoms with Crippen LogP contribution in [0.4, 0.5) is 0 Å². The summed E-state index contributed by atoms with van der Waals surface area (Å²) in [6.07, 6.45) is 5.84. The highest BCUT2D eigenvalue weighted by Gasteiger charge is 2.41. The molecule has 0 aromatic heterocycles. The summed E-state index contributed by atoms with van der Waals surface area (Å²) in [7, 11) is -3.48. The zero-order chi connectivity index (χ0) is 19.2. The molecule has 2 bridgehead atoms. The maximum Gasteiger partial charge on any atom is 0.243 e. The van der Waals surface area contributed by atoms with Gasteiger partial charge in [0.2, 0.25) is 15.9 Å². The van der Waals surface area contributed by atoms with Gasteiger partial charge in [0.25, 0.3) is 0 Å². The molecule has 0 N–H and O–H groups in total. The number of carbonyl (C=O) groups is 1. The first kappa shape index (κ1) is 18.9. The second kappa shape index (κ2) is 7.21. The summed E-state index contributed by atoms with van der Waals surface area (Å²) < 4.78 is 27.4. The van der Waals surface area contributed by atoms with Crippen LogP contribution in [0.3, 0.4) is 0 Å². The molecule has 3 fully saturated rings. The van der Waals surface area contributed by atoms with Crippen LogP contribution < -0.4 is 0 Å². The van der Waals surface area contributed by atoms with E-state index in [2.05, 4.69) is 0 Å². The quantitative estimate of drug-likeness (QED) is 0.794. The van der Waals surface area contributed by atoms with Crippen LogP contribution in [-0.4, -0.2) is 49.7 Å². The van der Waals surface area contributed by atoms with Gasteiger partial charge in [0.1, 0.15) is 0 Å². The average molecular weight is 391 g/mol. The van der Waals surface area contributed by atoms with Crippen molar-refractivity contribution in [3.05, 3.63) is 29.3 Å². The van der Waals surface area contributed by atoms with Crippen molar-refractivity contribution in [3.8, 4) is 0 Å². The summed E-state index contributed by atoms with van der Waals surface area (Å²) in [4.78, 5) is 14.9. The van der Waals surface area contributed by atoms with Crippen LogP contribution in [0.2, 0.25) is 0 Å². The summed E-state index contributed by atoms with van der Waals surface area (Å²) in [5.41, 5.74) is 2.07. The average Bonchev–Trinajstić information content (AvgIpc) is 3.27. The zero-order valence-electron chi connectivity index (χ0n) is 16.4. The maximum absolute atomic E-state index is 12.9. The van der Waals surface area contributed by atoms with Crippen molar-refractivity contribution in [2.45, 2.75) is 50.8 Å². The number of fused-ring (bicyclic) bond motifs is 2. The van der Waals surface area contributed by atoms with Gasteiger partial charge in [-0.2, -0.15) is 4.31 Å². The summed E-state index contributed by atoms with van der Waals surface area (Å²) in [5, 5.41) is 0. The highest BCUT2D eigenvalue weighted by atomic mass is 32.2. The lowest BCUT2D eigenvalue weighted by molar-refractivity contribution is -0.133. The van der Waals surface area contributed by atoms with E-state index in [4.69, 9.17) is 0 Å². The van der Waals surface area contributed by atoms with Gasteiger partial charge >= 0.3 is 0 Å². The topological polar surface area (TPSA) is 57.7 Å². The van der Waals surface area contributed by atoms with Crippen LogP contribution in [0.1, 0.15) is 43.2 Å². The Morgan fingerprint density at radius 1 is 1.04 bits per heavy atom. The van der Waals surface area contributed by atoms with E-state index in [0.717, 1.165) is 23.0 Å². The van der Waals surface area contributed by atoms with Crippen molar-refractivity contribution in [2.75, 3.05) is 26.2 Å². The van der Waals surface area contributed by atoms with Gasteiger partial charge in [0.15, 0.2) is 0 Å². The third-order valence-electron chi connectivity index (χ3n) is 7.03. The van der Waals surface area contributed by atoms with E-state index >= 15 is 0 Å². The molecular weight excluding hydrogens is 360 g/mol. The summed E-state index contributed by atoms with van der Waals surface area (Å²) >= 11 is 0. The minimum absolute atomic E-state index is 0.218. The standard InChI is InChI=1S/C21H30N2O3S/c1-15-3-6-20(11-16(15)2)27(25,26)23-9-7-22(8-10-23)21(24)14-19-13-17-4-5-18(19)12-17/h3,6,11,17-19H,4-5,7-10,12-14H2,1-2H3/t17-,18+,19-/m0/s1. The van der Waals surface area contributed by atoms with Crippen LogP contribution in [0.25, 0.3) is 0 Å². The number of sulfonamides is 1. The minimum Gasteiger partial charge on any atom is -0.340 e. The molecule has 0 spiro atoms. The fourth-order valence-electron chi connectivity index (χ4n) is 5.18. The molecule has 1 aromatic carbocycles. The second-order valence-electron chi connectivity index (χ2n) is 8.67. The van der Waals surface area contributed by atoms with Crippen molar-refractivity contribution < 1.29 is 13.2 Å². The normalized spacial score (nSPS) is 28.7. The van der Waals surface area contributed by atoms with Crippen molar-refractivity contribution in [1.82, 2.24) is 9.21 Å². The second-order valence-corrected chi connectivity index (χ2v) is 10.6. The first-order chi connectivity index (χ1) is 12.8. The molecule has 2 aliphatic carbocycles. The Hall–Kier alpha value is -1.40. The van der Waals surface area contributed by atoms with Crippen LogP contribution in [0.15, 0.2) is 23.1 Å². The highest BCUT2D eigenvalue weighted by molar-refractivity contribution is 7.89. The van der Waals surface area contributed by atoms with Gasteiger partial charge in [-0.3, -0.25) is 4.79 Å². The molecule has 1 aliphatic heterocycles. The summed E-state index contributed by atoms with van der Waals surface area (Å²) in [5.74, 6) is 2.39. The molecule has 3 aliphatic rings. The van der Waals surface area contributed by atoms with E-state index in [-0.39, 0.29) is 5.91 Å². The van der Waals surface area contributed by atoms with Crippen molar-refractivity contribution in [2.24, 2.45) is 17.8 Å². The van der Waals surface area contributed by atoms with Crippen molar-refractivity contribution in [1.29, 1.82) is 0 Å².